The second-order valence-electron chi connectivity index (χ2n) is 8.18. The minimum absolute atomic E-state index is 0.146. The van der Waals surface area contributed by atoms with Crippen molar-refractivity contribution in [3.8, 4) is 0 Å². The van der Waals surface area contributed by atoms with Gasteiger partial charge in [-0.1, -0.05) is 20.8 Å². The Morgan fingerprint density at radius 2 is 1.96 bits per heavy atom. The molecule has 3 rings (SSSR count). The first-order chi connectivity index (χ1) is 10.8. The highest BCUT2D eigenvalue weighted by Crippen LogP contribution is 2.52. The summed E-state index contributed by atoms with van der Waals surface area (Å²) in [6, 6.07) is 3.86. The predicted molar refractivity (Wildman–Crippen MR) is 87.3 cm³/mol. The van der Waals surface area contributed by atoms with Gasteiger partial charge in [-0.25, -0.2) is 0 Å². The molecule has 0 aromatic carbocycles. The largest absolute Gasteiger partial charge is 0.344 e. The van der Waals surface area contributed by atoms with E-state index in [0.717, 1.165) is 24.8 Å². The van der Waals surface area contributed by atoms with Gasteiger partial charge in [0.2, 0.25) is 0 Å². The molecule has 2 amide bonds. The van der Waals surface area contributed by atoms with Gasteiger partial charge in [0, 0.05) is 31.5 Å². The van der Waals surface area contributed by atoms with Gasteiger partial charge >= 0.3 is 11.8 Å². The summed E-state index contributed by atoms with van der Waals surface area (Å²) in [7, 11) is 0. The molecule has 23 heavy (non-hydrogen) atoms. The molecule has 5 nitrogen and oxygen atoms in total. The second kappa shape index (κ2) is 5.62. The van der Waals surface area contributed by atoms with Crippen LogP contribution in [0.5, 0.6) is 0 Å². The number of hydrogen-bond donors (Lipinski definition) is 1. The maximum Gasteiger partial charge on any atom is 0.312 e. The van der Waals surface area contributed by atoms with Crippen LogP contribution in [0.2, 0.25) is 0 Å². The Hall–Kier alpha value is -1.91. The number of fused-ring (bicyclic) bond motifs is 2. The summed E-state index contributed by atoms with van der Waals surface area (Å²) < 4.78 is 0. The molecule has 1 saturated carbocycles. The fourth-order valence-electron chi connectivity index (χ4n) is 4.59. The molecule has 1 aromatic heterocycles. The van der Waals surface area contributed by atoms with Gasteiger partial charge in [-0.3, -0.25) is 14.6 Å². The summed E-state index contributed by atoms with van der Waals surface area (Å²) in [4.78, 5) is 30.5. The van der Waals surface area contributed by atoms with Crippen LogP contribution in [0.25, 0.3) is 0 Å². The van der Waals surface area contributed by atoms with Crippen LogP contribution in [0.15, 0.2) is 24.5 Å². The number of likely N-dealkylation sites (tertiary alicyclic amines) is 1. The SMILES string of the molecule is CC1(C)CC2CC(C)(CN2C(=O)C(=O)NCc2ccncc2)C1. The maximum absolute atomic E-state index is 12.6. The molecule has 1 aliphatic heterocycles. The Morgan fingerprint density at radius 3 is 2.65 bits per heavy atom. The third kappa shape index (κ3) is 3.38. The van der Waals surface area contributed by atoms with Crippen molar-refractivity contribution >= 4 is 11.8 Å². The summed E-state index contributed by atoms with van der Waals surface area (Å²) in [6.45, 7) is 7.81. The fraction of sp³-hybridized carbons (Fsp3) is 0.611. The van der Waals surface area contributed by atoms with E-state index in [1.54, 1.807) is 17.3 Å². The summed E-state index contributed by atoms with van der Waals surface area (Å²) in [5.74, 6) is -0.888. The minimum atomic E-state index is -0.504. The number of nitrogens with zero attached hydrogens (tertiary/aromatic N) is 2. The molecule has 124 valence electrons. The molecule has 5 heteroatoms. The second-order valence-corrected chi connectivity index (χ2v) is 8.18. The van der Waals surface area contributed by atoms with E-state index in [4.69, 9.17) is 0 Å². The van der Waals surface area contributed by atoms with Crippen LogP contribution in [0.1, 0.15) is 45.6 Å². The molecule has 2 aliphatic rings. The number of pyridine rings is 1. The van der Waals surface area contributed by atoms with Gasteiger partial charge < -0.3 is 10.2 Å². The first-order valence-corrected chi connectivity index (χ1v) is 8.26. The zero-order valence-electron chi connectivity index (χ0n) is 14.1. The lowest BCUT2D eigenvalue weighted by Crippen LogP contribution is -2.45. The molecular weight excluding hydrogens is 290 g/mol. The van der Waals surface area contributed by atoms with Gasteiger partial charge in [0.05, 0.1) is 0 Å². The van der Waals surface area contributed by atoms with Crippen molar-refractivity contribution in [1.82, 2.24) is 15.2 Å². The molecule has 1 N–H and O–H groups in total. The number of hydrogen-bond acceptors (Lipinski definition) is 3. The van der Waals surface area contributed by atoms with Crippen LogP contribution in [0, 0.1) is 10.8 Å². The molecule has 2 heterocycles. The average molecular weight is 315 g/mol. The average Bonchev–Trinajstić information content (AvgIpc) is 2.74. The first-order valence-electron chi connectivity index (χ1n) is 8.26. The molecule has 2 atom stereocenters. The van der Waals surface area contributed by atoms with Crippen molar-refractivity contribution in [3.05, 3.63) is 30.1 Å². The topological polar surface area (TPSA) is 62.3 Å². The Labute approximate surface area is 137 Å². The molecule has 2 fully saturated rings. The van der Waals surface area contributed by atoms with Crippen molar-refractivity contribution in [2.45, 2.75) is 52.6 Å². The Bertz CT molecular complexity index is 614. The quantitative estimate of drug-likeness (QED) is 0.850. The standard InChI is InChI=1S/C18H25N3O2/c1-17(2)8-14-9-18(3,11-17)12-21(14)16(23)15(22)20-10-13-4-6-19-7-5-13/h4-7,14H,8-12H2,1-3H3,(H,20,22). The minimum Gasteiger partial charge on any atom is -0.344 e. The van der Waals surface area contributed by atoms with Gasteiger partial charge in [0.15, 0.2) is 0 Å². The van der Waals surface area contributed by atoms with Crippen LogP contribution in [0.4, 0.5) is 0 Å². The van der Waals surface area contributed by atoms with Crippen LogP contribution < -0.4 is 5.32 Å². The third-order valence-corrected chi connectivity index (χ3v) is 5.07. The fourth-order valence-corrected chi connectivity index (χ4v) is 4.59. The summed E-state index contributed by atoms with van der Waals surface area (Å²) in [6.07, 6.45) is 6.45. The number of carbonyl (C=O) groups is 2. The van der Waals surface area contributed by atoms with E-state index in [1.807, 2.05) is 12.1 Å². The lowest BCUT2D eigenvalue weighted by Gasteiger charge is -2.39. The van der Waals surface area contributed by atoms with E-state index in [2.05, 4.69) is 31.1 Å². The van der Waals surface area contributed by atoms with Crippen LogP contribution in [0.3, 0.4) is 0 Å². The number of aromatic nitrogens is 1. The molecule has 1 saturated heterocycles. The van der Waals surface area contributed by atoms with Crippen molar-refractivity contribution in [2.75, 3.05) is 6.54 Å². The smallest absolute Gasteiger partial charge is 0.312 e. The molecule has 1 aliphatic carbocycles. The summed E-state index contributed by atoms with van der Waals surface area (Å²) >= 11 is 0. The van der Waals surface area contributed by atoms with E-state index in [0.29, 0.717) is 13.1 Å². The van der Waals surface area contributed by atoms with Crippen LogP contribution >= 0.6 is 0 Å². The highest BCUT2D eigenvalue weighted by Gasteiger charge is 2.51. The zero-order valence-corrected chi connectivity index (χ0v) is 14.1. The maximum atomic E-state index is 12.6. The van der Waals surface area contributed by atoms with Gasteiger partial charge in [0.1, 0.15) is 0 Å². The van der Waals surface area contributed by atoms with E-state index in [1.165, 1.54) is 0 Å². The number of nitrogens with one attached hydrogen (secondary N) is 1. The Kier molecular flexibility index (Phi) is 3.90. The van der Waals surface area contributed by atoms with Gasteiger partial charge in [-0.15, -0.1) is 0 Å². The van der Waals surface area contributed by atoms with E-state index in [-0.39, 0.29) is 22.8 Å². The van der Waals surface area contributed by atoms with Gasteiger partial charge in [-0.05, 0) is 47.8 Å². The molecule has 2 bridgehead atoms. The molecule has 0 radical (unpaired) electrons. The zero-order chi connectivity index (χ0) is 16.7. The van der Waals surface area contributed by atoms with Crippen molar-refractivity contribution < 1.29 is 9.59 Å². The Morgan fingerprint density at radius 1 is 1.26 bits per heavy atom. The van der Waals surface area contributed by atoms with Crippen molar-refractivity contribution in [3.63, 3.8) is 0 Å². The van der Waals surface area contributed by atoms with E-state index >= 15 is 0 Å². The molecule has 0 spiro atoms. The lowest BCUT2D eigenvalue weighted by atomic mass is 9.65. The van der Waals surface area contributed by atoms with Crippen molar-refractivity contribution in [2.24, 2.45) is 10.8 Å². The van der Waals surface area contributed by atoms with E-state index in [9.17, 15) is 9.59 Å². The monoisotopic (exact) mass is 315 g/mol. The number of carbonyl (C=O) groups excluding carboxylic acids is 2. The van der Waals surface area contributed by atoms with Crippen LogP contribution in [-0.2, 0) is 16.1 Å². The molecule has 1 aromatic rings. The van der Waals surface area contributed by atoms with Crippen molar-refractivity contribution in [1.29, 1.82) is 0 Å². The molecular formula is C18H25N3O2. The Balaban J connectivity index is 1.63. The van der Waals surface area contributed by atoms with Crippen LogP contribution in [-0.4, -0.2) is 34.3 Å². The normalized spacial score (nSPS) is 28.5. The number of amides is 2. The first kappa shape index (κ1) is 16.0. The van der Waals surface area contributed by atoms with Gasteiger partial charge in [-0.2, -0.15) is 0 Å². The number of rotatable bonds is 2. The predicted octanol–water partition coefficient (Wildman–Crippen LogP) is 2.12. The highest BCUT2D eigenvalue weighted by atomic mass is 16.2. The summed E-state index contributed by atoms with van der Waals surface area (Å²) in [5, 5.41) is 2.73. The summed E-state index contributed by atoms with van der Waals surface area (Å²) in [5.41, 5.74) is 1.32. The van der Waals surface area contributed by atoms with E-state index < -0.39 is 5.91 Å². The third-order valence-electron chi connectivity index (χ3n) is 5.07. The molecule has 2 unspecified atom stereocenters. The lowest BCUT2D eigenvalue weighted by molar-refractivity contribution is -0.146. The highest BCUT2D eigenvalue weighted by molar-refractivity contribution is 6.35. The van der Waals surface area contributed by atoms with Gasteiger partial charge in [0.25, 0.3) is 0 Å².